The van der Waals surface area contributed by atoms with Gasteiger partial charge < -0.3 is 0 Å². The van der Waals surface area contributed by atoms with E-state index in [-0.39, 0.29) is 0 Å². The maximum Gasteiger partial charge on any atom is 0.0589 e. The quantitative estimate of drug-likeness (QED) is 0.746. The van der Waals surface area contributed by atoms with Crippen LogP contribution in [0, 0.1) is 0 Å². The summed E-state index contributed by atoms with van der Waals surface area (Å²) in [7, 11) is 0. The van der Waals surface area contributed by atoms with Gasteiger partial charge >= 0.3 is 0 Å². The molecule has 0 atom stereocenters. The van der Waals surface area contributed by atoms with Gasteiger partial charge in [-0.05, 0) is 26.0 Å². The Balaban J connectivity index is 1.96. The van der Waals surface area contributed by atoms with Gasteiger partial charge in [-0.25, -0.2) is 0 Å². The molecule has 0 spiro atoms. The molecule has 14 heavy (non-hydrogen) atoms. The van der Waals surface area contributed by atoms with Crippen molar-refractivity contribution >= 4 is 11.6 Å². The van der Waals surface area contributed by atoms with Gasteiger partial charge in [0.25, 0.3) is 0 Å². The summed E-state index contributed by atoms with van der Waals surface area (Å²) < 4.78 is 0. The molecule has 1 saturated heterocycles. The second-order valence-corrected chi connectivity index (χ2v) is 4.58. The molecule has 0 saturated carbocycles. The Bertz CT molecular complexity index is 302. The molecule has 3 heteroatoms. The monoisotopic (exact) mass is 210 g/mol. The number of likely N-dealkylation sites (tertiary alicyclic amines) is 1. The van der Waals surface area contributed by atoms with E-state index in [9.17, 15) is 0 Å². The summed E-state index contributed by atoms with van der Waals surface area (Å²) in [5, 5.41) is 0.716. The minimum absolute atomic E-state index is 0.606. The molecular formula is C11H15ClN2. The van der Waals surface area contributed by atoms with E-state index in [2.05, 4.69) is 23.7 Å². The molecule has 0 amide bonds. The van der Waals surface area contributed by atoms with Crippen LogP contribution in [0.5, 0.6) is 0 Å². The predicted molar refractivity (Wildman–Crippen MR) is 58.7 cm³/mol. The molecule has 0 aliphatic carbocycles. The van der Waals surface area contributed by atoms with Crippen LogP contribution in [0.25, 0.3) is 0 Å². The lowest BCUT2D eigenvalue weighted by Crippen LogP contribution is -2.48. The van der Waals surface area contributed by atoms with Crippen LogP contribution in [-0.4, -0.2) is 29.0 Å². The van der Waals surface area contributed by atoms with Crippen molar-refractivity contribution in [3.8, 4) is 0 Å². The number of hydrogen-bond donors (Lipinski definition) is 0. The first-order chi connectivity index (χ1) is 6.66. The SMILES string of the molecule is CC(C)N1CC(c2ccc(Cl)cn2)C1. The highest BCUT2D eigenvalue weighted by Gasteiger charge is 2.30. The minimum Gasteiger partial charge on any atom is -0.300 e. The molecular weight excluding hydrogens is 196 g/mol. The number of halogens is 1. The van der Waals surface area contributed by atoms with Crippen LogP contribution in [-0.2, 0) is 0 Å². The summed E-state index contributed by atoms with van der Waals surface area (Å²) in [6, 6.07) is 4.60. The standard InChI is InChI=1S/C11H15ClN2/c1-8(2)14-6-9(7-14)11-4-3-10(12)5-13-11/h3-5,8-9H,6-7H2,1-2H3. The zero-order valence-electron chi connectivity index (χ0n) is 8.57. The number of nitrogens with zero attached hydrogens (tertiary/aromatic N) is 2. The molecule has 0 N–H and O–H groups in total. The highest BCUT2D eigenvalue weighted by Crippen LogP contribution is 2.27. The number of rotatable bonds is 2. The Morgan fingerprint density at radius 1 is 1.43 bits per heavy atom. The van der Waals surface area contributed by atoms with Gasteiger partial charge in [-0.1, -0.05) is 11.6 Å². The van der Waals surface area contributed by atoms with E-state index < -0.39 is 0 Å². The van der Waals surface area contributed by atoms with E-state index in [1.807, 2.05) is 12.1 Å². The summed E-state index contributed by atoms with van der Waals surface area (Å²) in [5.74, 6) is 0.606. The van der Waals surface area contributed by atoms with Crippen molar-refractivity contribution in [2.45, 2.75) is 25.8 Å². The van der Waals surface area contributed by atoms with Gasteiger partial charge in [-0.15, -0.1) is 0 Å². The molecule has 76 valence electrons. The molecule has 2 rings (SSSR count). The number of hydrogen-bond acceptors (Lipinski definition) is 2. The third-order valence-corrected chi connectivity index (χ3v) is 3.03. The highest BCUT2D eigenvalue weighted by atomic mass is 35.5. The fourth-order valence-electron chi connectivity index (χ4n) is 1.75. The van der Waals surface area contributed by atoms with Crippen LogP contribution in [0.4, 0.5) is 0 Å². The van der Waals surface area contributed by atoms with Crippen molar-refractivity contribution in [1.82, 2.24) is 9.88 Å². The Morgan fingerprint density at radius 3 is 2.64 bits per heavy atom. The van der Waals surface area contributed by atoms with Crippen molar-refractivity contribution in [3.63, 3.8) is 0 Å². The third kappa shape index (κ3) is 1.91. The summed E-state index contributed by atoms with van der Waals surface area (Å²) in [6.45, 7) is 6.72. The molecule has 1 fully saturated rings. The van der Waals surface area contributed by atoms with Crippen LogP contribution >= 0.6 is 11.6 Å². The highest BCUT2D eigenvalue weighted by molar-refractivity contribution is 6.30. The number of pyridine rings is 1. The fourth-order valence-corrected chi connectivity index (χ4v) is 1.86. The molecule has 2 heterocycles. The van der Waals surface area contributed by atoms with Crippen LogP contribution < -0.4 is 0 Å². The lowest BCUT2D eigenvalue weighted by Gasteiger charge is -2.41. The summed E-state index contributed by atoms with van der Waals surface area (Å²) in [4.78, 5) is 6.78. The second-order valence-electron chi connectivity index (χ2n) is 4.15. The van der Waals surface area contributed by atoms with Gasteiger partial charge in [0.15, 0.2) is 0 Å². The molecule has 1 aliphatic heterocycles. The Kier molecular flexibility index (Phi) is 2.75. The molecule has 0 unspecified atom stereocenters. The summed E-state index contributed by atoms with van der Waals surface area (Å²) >= 11 is 5.78. The minimum atomic E-state index is 0.606. The lowest BCUT2D eigenvalue weighted by molar-refractivity contribution is 0.108. The Labute approximate surface area is 89.9 Å². The molecule has 1 aliphatic rings. The molecule has 0 bridgehead atoms. The fraction of sp³-hybridized carbons (Fsp3) is 0.545. The Hall–Kier alpha value is -0.600. The van der Waals surface area contributed by atoms with Crippen LogP contribution in [0.3, 0.4) is 0 Å². The average molecular weight is 211 g/mol. The van der Waals surface area contributed by atoms with Gasteiger partial charge in [-0.3, -0.25) is 9.88 Å². The van der Waals surface area contributed by atoms with Crippen molar-refractivity contribution in [3.05, 3.63) is 29.0 Å². The Morgan fingerprint density at radius 2 is 2.14 bits per heavy atom. The lowest BCUT2D eigenvalue weighted by atomic mass is 9.94. The molecule has 1 aromatic heterocycles. The third-order valence-electron chi connectivity index (χ3n) is 2.81. The van der Waals surface area contributed by atoms with Gasteiger partial charge in [0, 0.05) is 36.9 Å². The van der Waals surface area contributed by atoms with Gasteiger partial charge in [0.2, 0.25) is 0 Å². The van der Waals surface area contributed by atoms with Crippen LogP contribution in [0.2, 0.25) is 5.02 Å². The first-order valence-electron chi connectivity index (χ1n) is 5.02. The van der Waals surface area contributed by atoms with Crippen LogP contribution in [0.15, 0.2) is 18.3 Å². The summed E-state index contributed by atoms with van der Waals surface area (Å²) in [6.07, 6.45) is 1.73. The van der Waals surface area contributed by atoms with E-state index in [1.165, 1.54) is 5.69 Å². The van der Waals surface area contributed by atoms with E-state index in [0.717, 1.165) is 13.1 Å². The first-order valence-corrected chi connectivity index (χ1v) is 5.40. The zero-order chi connectivity index (χ0) is 10.1. The van der Waals surface area contributed by atoms with E-state index >= 15 is 0 Å². The molecule has 2 nitrogen and oxygen atoms in total. The predicted octanol–water partition coefficient (Wildman–Crippen LogP) is 2.54. The van der Waals surface area contributed by atoms with Crippen molar-refractivity contribution in [1.29, 1.82) is 0 Å². The smallest absolute Gasteiger partial charge is 0.0589 e. The number of aromatic nitrogens is 1. The van der Waals surface area contributed by atoms with Crippen LogP contribution in [0.1, 0.15) is 25.5 Å². The second kappa shape index (κ2) is 3.87. The van der Waals surface area contributed by atoms with E-state index in [0.29, 0.717) is 17.0 Å². The zero-order valence-corrected chi connectivity index (χ0v) is 9.33. The van der Waals surface area contributed by atoms with Gasteiger partial charge in [-0.2, -0.15) is 0 Å². The molecule has 1 aromatic rings. The largest absolute Gasteiger partial charge is 0.300 e. The molecule has 0 aromatic carbocycles. The topological polar surface area (TPSA) is 16.1 Å². The van der Waals surface area contributed by atoms with E-state index in [1.54, 1.807) is 6.20 Å². The van der Waals surface area contributed by atoms with Crippen molar-refractivity contribution in [2.24, 2.45) is 0 Å². The molecule has 0 radical (unpaired) electrons. The first kappa shape index (κ1) is 9.94. The van der Waals surface area contributed by atoms with Crippen molar-refractivity contribution in [2.75, 3.05) is 13.1 Å². The maximum atomic E-state index is 5.78. The summed E-state index contributed by atoms with van der Waals surface area (Å²) in [5.41, 5.74) is 1.17. The van der Waals surface area contributed by atoms with Gasteiger partial charge in [0.1, 0.15) is 0 Å². The average Bonchev–Trinajstić information content (AvgIpc) is 2.05. The van der Waals surface area contributed by atoms with Crippen molar-refractivity contribution < 1.29 is 0 Å². The van der Waals surface area contributed by atoms with E-state index in [4.69, 9.17) is 11.6 Å². The maximum absolute atomic E-state index is 5.78. The normalized spacial score (nSPS) is 18.6. The van der Waals surface area contributed by atoms with Gasteiger partial charge in [0.05, 0.1) is 5.02 Å².